The molecule has 2 heterocycles. The molecular weight excluding hydrogens is 212 g/mol. The third-order valence-corrected chi connectivity index (χ3v) is 4.22. The van der Waals surface area contributed by atoms with Crippen molar-refractivity contribution in [3.63, 3.8) is 0 Å². The fourth-order valence-electron chi connectivity index (χ4n) is 3.38. The van der Waals surface area contributed by atoms with Crippen molar-refractivity contribution in [1.82, 2.24) is 10.2 Å². The second-order valence-electron chi connectivity index (χ2n) is 5.61. The van der Waals surface area contributed by atoms with Crippen LogP contribution in [-0.4, -0.2) is 30.1 Å². The Labute approximate surface area is 103 Å². The van der Waals surface area contributed by atoms with Gasteiger partial charge < -0.3 is 9.73 Å². The van der Waals surface area contributed by atoms with Crippen molar-refractivity contribution in [3.05, 3.63) is 24.2 Å². The normalized spacial score (nSPS) is 25.2. The van der Waals surface area contributed by atoms with E-state index in [1.165, 1.54) is 57.3 Å². The van der Waals surface area contributed by atoms with Gasteiger partial charge in [0.15, 0.2) is 0 Å². The Morgan fingerprint density at radius 3 is 2.94 bits per heavy atom. The van der Waals surface area contributed by atoms with Crippen molar-refractivity contribution in [3.8, 4) is 0 Å². The van der Waals surface area contributed by atoms with E-state index in [9.17, 15) is 0 Å². The molecule has 3 rings (SSSR count). The van der Waals surface area contributed by atoms with Gasteiger partial charge in [-0.25, -0.2) is 0 Å². The molecule has 0 amide bonds. The maximum atomic E-state index is 5.16. The molecule has 3 nitrogen and oxygen atoms in total. The van der Waals surface area contributed by atoms with E-state index in [0.717, 1.165) is 6.54 Å². The molecule has 2 fully saturated rings. The Morgan fingerprint density at radius 1 is 1.29 bits per heavy atom. The highest BCUT2D eigenvalue weighted by molar-refractivity contribution is 5.06. The molecule has 0 atom stereocenters. The quantitative estimate of drug-likeness (QED) is 0.851. The summed E-state index contributed by atoms with van der Waals surface area (Å²) in [7, 11) is 0. The van der Waals surface area contributed by atoms with Crippen LogP contribution in [0.5, 0.6) is 0 Å². The van der Waals surface area contributed by atoms with Crippen molar-refractivity contribution in [2.24, 2.45) is 0 Å². The van der Waals surface area contributed by atoms with E-state index >= 15 is 0 Å². The molecule has 1 aliphatic carbocycles. The SMILES string of the molecule is c1cc(CN2CCCNC3(CCCC3)C2)co1. The monoisotopic (exact) mass is 234 g/mol. The Bertz CT molecular complexity index is 341. The highest BCUT2D eigenvalue weighted by Gasteiger charge is 2.36. The predicted octanol–water partition coefficient (Wildman–Crippen LogP) is 2.39. The molecule has 2 aliphatic rings. The molecule has 1 aromatic heterocycles. The fraction of sp³-hybridized carbons (Fsp3) is 0.714. The Kier molecular flexibility index (Phi) is 3.21. The summed E-state index contributed by atoms with van der Waals surface area (Å²) in [6, 6.07) is 2.08. The molecule has 0 bridgehead atoms. The fourth-order valence-corrected chi connectivity index (χ4v) is 3.38. The van der Waals surface area contributed by atoms with Crippen molar-refractivity contribution in [1.29, 1.82) is 0 Å². The zero-order valence-electron chi connectivity index (χ0n) is 10.5. The van der Waals surface area contributed by atoms with Gasteiger partial charge in [0, 0.05) is 24.2 Å². The highest BCUT2D eigenvalue weighted by Crippen LogP contribution is 2.32. The minimum Gasteiger partial charge on any atom is -0.472 e. The van der Waals surface area contributed by atoms with Crippen LogP contribution in [0.2, 0.25) is 0 Å². The minimum absolute atomic E-state index is 0.417. The summed E-state index contributed by atoms with van der Waals surface area (Å²) in [6.07, 6.45) is 10.4. The topological polar surface area (TPSA) is 28.4 Å². The van der Waals surface area contributed by atoms with Gasteiger partial charge in [0.1, 0.15) is 0 Å². The van der Waals surface area contributed by atoms with Gasteiger partial charge in [0.05, 0.1) is 12.5 Å². The lowest BCUT2D eigenvalue weighted by Crippen LogP contribution is -2.49. The molecule has 0 radical (unpaired) electrons. The molecule has 17 heavy (non-hydrogen) atoms. The van der Waals surface area contributed by atoms with E-state index in [0.29, 0.717) is 5.54 Å². The lowest BCUT2D eigenvalue weighted by molar-refractivity contribution is 0.203. The van der Waals surface area contributed by atoms with Gasteiger partial charge in [-0.05, 0) is 38.4 Å². The summed E-state index contributed by atoms with van der Waals surface area (Å²) in [6.45, 7) is 4.64. The smallest absolute Gasteiger partial charge is 0.0947 e. The zero-order chi connectivity index (χ0) is 11.6. The molecule has 0 unspecified atom stereocenters. The number of hydrogen-bond acceptors (Lipinski definition) is 3. The first-order valence-electron chi connectivity index (χ1n) is 6.85. The summed E-state index contributed by atoms with van der Waals surface area (Å²) in [5, 5.41) is 3.80. The van der Waals surface area contributed by atoms with Crippen LogP contribution in [0.3, 0.4) is 0 Å². The van der Waals surface area contributed by atoms with Crippen LogP contribution in [0.15, 0.2) is 23.0 Å². The zero-order valence-corrected chi connectivity index (χ0v) is 10.5. The molecule has 1 saturated carbocycles. The van der Waals surface area contributed by atoms with Crippen LogP contribution >= 0.6 is 0 Å². The van der Waals surface area contributed by atoms with Crippen molar-refractivity contribution >= 4 is 0 Å². The summed E-state index contributed by atoms with van der Waals surface area (Å²) in [5.41, 5.74) is 1.72. The van der Waals surface area contributed by atoms with Crippen molar-refractivity contribution in [2.45, 2.75) is 44.2 Å². The maximum Gasteiger partial charge on any atom is 0.0947 e. The van der Waals surface area contributed by atoms with Crippen molar-refractivity contribution < 1.29 is 4.42 Å². The lowest BCUT2D eigenvalue weighted by Gasteiger charge is -2.33. The number of furan rings is 1. The summed E-state index contributed by atoms with van der Waals surface area (Å²) in [4.78, 5) is 2.59. The average molecular weight is 234 g/mol. The molecule has 3 heteroatoms. The van der Waals surface area contributed by atoms with Gasteiger partial charge in [0.2, 0.25) is 0 Å². The first-order chi connectivity index (χ1) is 8.36. The second-order valence-corrected chi connectivity index (χ2v) is 5.61. The van der Waals surface area contributed by atoms with Gasteiger partial charge in [-0.1, -0.05) is 12.8 Å². The van der Waals surface area contributed by atoms with Crippen LogP contribution in [0.25, 0.3) is 0 Å². The van der Waals surface area contributed by atoms with E-state index in [2.05, 4.69) is 16.3 Å². The lowest BCUT2D eigenvalue weighted by atomic mass is 9.97. The van der Waals surface area contributed by atoms with Gasteiger partial charge in [-0.2, -0.15) is 0 Å². The molecule has 1 aliphatic heterocycles. The van der Waals surface area contributed by atoms with E-state index in [1.54, 1.807) is 6.26 Å². The van der Waals surface area contributed by atoms with E-state index < -0.39 is 0 Å². The van der Waals surface area contributed by atoms with E-state index in [1.807, 2.05) is 6.26 Å². The van der Waals surface area contributed by atoms with Crippen LogP contribution in [0.4, 0.5) is 0 Å². The van der Waals surface area contributed by atoms with Crippen LogP contribution in [0, 0.1) is 0 Å². The molecule has 1 spiro atoms. The highest BCUT2D eigenvalue weighted by atomic mass is 16.3. The van der Waals surface area contributed by atoms with Crippen LogP contribution in [-0.2, 0) is 6.54 Å². The molecule has 0 aromatic carbocycles. The average Bonchev–Trinajstić information content (AvgIpc) is 2.92. The minimum atomic E-state index is 0.417. The number of nitrogens with one attached hydrogen (secondary N) is 1. The van der Waals surface area contributed by atoms with Crippen LogP contribution in [0.1, 0.15) is 37.7 Å². The molecule has 94 valence electrons. The van der Waals surface area contributed by atoms with Gasteiger partial charge in [-0.3, -0.25) is 4.90 Å². The molecule has 1 aromatic rings. The standard InChI is InChI=1S/C14H22N2O/c1-2-6-14(5-1)12-16(8-3-7-15-14)10-13-4-9-17-11-13/h4,9,11,15H,1-3,5-8,10,12H2. The van der Waals surface area contributed by atoms with E-state index in [4.69, 9.17) is 4.42 Å². The number of rotatable bonds is 2. The van der Waals surface area contributed by atoms with Gasteiger partial charge in [-0.15, -0.1) is 0 Å². The largest absolute Gasteiger partial charge is 0.472 e. The first kappa shape index (κ1) is 11.3. The third kappa shape index (κ3) is 2.55. The summed E-state index contributed by atoms with van der Waals surface area (Å²) >= 11 is 0. The Hall–Kier alpha value is -0.800. The summed E-state index contributed by atoms with van der Waals surface area (Å²) in [5.74, 6) is 0. The van der Waals surface area contributed by atoms with Gasteiger partial charge >= 0.3 is 0 Å². The Balaban J connectivity index is 1.67. The molecule has 1 N–H and O–H groups in total. The third-order valence-electron chi connectivity index (χ3n) is 4.22. The van der Waals surface area contributed by atoms with Crippen molar-refractivity contribution in [2.75, 3.05) is 19.6 Å². The Morgan fingerprint density at radius 2 is 2.18 bits per heavy atom. The molecular formula is C14H22N2O. The predicted molar refractivity (Wildman–Crippen MR) is 67.8 cm³/mol. The number of hydrogen-bond donors (Lipinski definition) is 1. The van der Waals surface area contributed by atoms with E-state index in [-0.39, 0.29) is 0 Å². The summed E-state index contributed by atoms with van der Waals surface area (Å²) < 4.78 is 5.16. The second kappa shape index (κ2) is 4.83. The van der Waals surface area contributed by atoms with Crippen LogP contribution < -0.4 is 5.32 Å². The maximum absolute atomic E-state index is 5.16. The molecule has 1 saturated heterocycles. The first-order valence-corrected chi connectivity index (χ1v) is 6.85. The van der Waals surface area contributed by atoms with Gasteiger partial charge in [0.25, 0.3) is 0 Å². The number of nitrogens with zero attached hydrogens (tertiary/aromatic N) is 1.